The number of aromatic nitrogens is 3. The minimum absolute atomic E-state index is 0.724. The zero-order valence-electron chi connectivity index (χ0n) is 11.5. The first-order valence-corrected chi connectivity index (χ1v) is 6.73. The molecule has 0 fully saturated rings. The quantitative estimate of drug-likeness (QED) is 0.605. The lowest BCUT2D eigenvalue weighted by molar-refractivity contribution is 0.415. The molecule has 4 rings (SSSR count). The lowest BCUT2D eigenvalue weighted by Crippen LogP contribution is -1.88. The Hall–Kier alpha value is -2.88. The van der Waals surface area contributed by atoms with E-state index in [1.807, 2.05) is 54.7 Å². The summed E-state index contributed by atoms with van der Waals surface area (Å²) in [7, 11) is 1.67. The molecule has 4 heteroatoms. The zero-order chi connectivity index (χ0) is 14.2. The second-order valence-corrected chi connectivity index (χ2v) is 4.86. The molecule has 21 heavy (non-hydrogen) atoms. The molecule has 0 radical (unpaired) electrons. The van der Waals surface area contributed by atoms with E-state index < -0.39 is 0 Å². The second-order valence-electron chi connectivity index (χ2n) is 4.86. The van der Waals surface area contributed by atoms with Crippen molar-refractivity contribution in [2.75, 3.05) is 7.11 Å². The van der Waals surface area contributed by atoms with E-state index >= 15 is 0 Å². The molecule has 2 heterocycles. The number of benzene rings is 2. The van der Waals surface area contributed by atoms with E-state index in [4.69, 9.17) is 4.74 Å². The van der Waals surface area contributed by atoms with Crippen molar-refractivity contribution in [2.24, 2.45) is 0 Å². The zero-order valence-corrected chi connectivity index (χ0v) is 11.5. The molecule has 2 aromatic carbocycles. The van der Waals surface area contributed by atoms with Crippen LogP contribution >= 0.6 is 0 Å². The maximum absolute atomic E-state index is 5.28. The number of methoxy groups -OCH3 is 1. The summed E-state index contributed by atoms with van der Waals surface area (Å²) in [5, 5.41) is 2.08. The first-order chi connectivity index (χ1) is 10.3. The van der Waals surface area contributed by atoms with Gasteiger partial charge in [-0.15, -0.1) is 0 Å². The average Bonchev–Trinajstić information content (AvgIpc) is 2.92. The van der Waals surface area contributed by atoms with Gasteiger partial charge in [-0.25, -0.2) is 9.97 Å². The molecule has 0 atom stereocenters. The predicted molar refractivity (Wildman–Crippen MR) is 83.4 cm³/mol. The van der Waals surface area contributed by atoms with Crippen LogP contribution in [0.1, 0.15) is 0 Å². The molecular formula is C17H13N3O. The summed E-state index contributed by atoms with van der Waals surface area (Å²) in [6.45, 7) is 0. The van der Waals surface area contributed by atoms with Gasteiger partial charge in [0, 0.05) is 28.0 Å². The fourth-order valence-corrected chi connectivity index (χ4v) is 2.51. The van der Waals surface area contributed by atoms with Gasteiger partial charge in [-0.05, 0) is 18.2 Å². The molecule has 1 N–H and O–H groups in total. The highest BCUT2D eigenvalue weighted by Crippen LogP contribution is 2.28. The summed E-state index contributed by atoms with van der Waals surface area (Å²) < 4.78 is 5.28. The summed E-state index contributed by atoms with van der Waals surface area (Å²) >= 11 is 0. The highest BCUT2D eigenvalue weighted by atomic mass is 16.5. The van der Waals surface area contributed by atoms with Crippen molar-refractivity contribution in [3.8, 4) is 17.1 Å². The fraction of sp³-hybridized carbons (Fsp3) is 0.0588. The van der Waals surface area contributed by atoms with Crippen LogP contribution in [0.4, 0.5) is 0 Å². The van der Waals surface area contributed by atoms with Gasteiger partial charge in [-0.2, -0.15) is 0 Å². The molecule has 4 aromatic rings. The lowest BCUT2D eigenvalue weighted by Gasteiger charge is -2.00. The van der Waals surface area contributed by atoms with E-state index in [2.05, 4.69) is 15.0 Å². The van der Waals surface area contributed by atoms with Crippen LogP contribution in [-0.2, 0) is 0 Å². The van der Waals surface area contributed by atoms with Crippen LogP contribution in [-0.4, -0.2) is 22.1 Å². The lowest BCUT2D eigenvalue weighted by atomic mass is 10.2. The Morgan fingerprint density at radius 3 is 2.67 bits per heavy atom. The third kappa shape index (κ3) is 1.92. The van der Waals surface area contributed by atoms with Gasteiger partial charge in [0.05, 0.1) is 7.11 Å². The van der Waals surface area contributed by atoms with Crippen LogP contribution in [0.2, 0.25) is 0 Å². The van der Waals surface area contributed by atoms with E-state index in [0.717, 1.165) is 39.1 Å². The summed E-state index contributed by atoms with van der Waals surface area (Å²) in [4.78, 5) is 12.4. The molecule has 2 aromatic heterocycles. The number of nitrogens with zero attached hydrogens (tertiary/aromatic N) is 2. The molecule has 102 valence electrons. The Kier molecular flexibility index (Phi) is 2.60. The maximum Gasteiger partial charge on any atom is 0.161 e. The van der Waals surface area contributed by atoms with Crippen LogP contribution < -0.4 is 4.74 Å². The van der Waals surface area contributed by atoms with Gasteiger partial charge in [-0.1, -0.05) is 30.3 Å². The number of rotatable bonds is 2. The predicted octanol–water partition coefficient (Wildman–Crippen LogP) is 3.79. The SMILES string of the molecule is COc1ccc2[nH]c3nc(-c4ccccc4)ncc3c2c1. The number of hydrogen-bond acceptors (Lipinski definition) is 3. The number of ether oxygens (including phenoxy) is 1. The van der Waals surface area contributed by atoms with Gasteiger partial charge in [0.25, 0.3) is 0 Å². The van der Waals surface area contributed by atoms with Crippen molar-refractivity contribution in [2.45, 2.75) is 0 Å². The molecule has 0 saturated carbocycles. The average molecular weight is 275 g/mol. The van der Waals surface area contributed by atoms with Gasteiger partial charge >= 0.3 is 0 Å². The minimum Gasteiger partial charge on any atom is -0.497 e. The Morgan fingerprint density at radius 1 is 1.00 bits per heavy atom. The fourth-order valence-electron chi connectivity index (χ4n) is 2.51. The van der Waals surface area contributed by atoms with Crippen molar-refractivity contribution in [3.05, 3.63) is 54.7 Å². The summed E-state index contributed by atoms with van der Waals surface area (Å²) in [6.07, 6.45) is 1.86. The van der Waals surface area contributed by atoms with Crippen molar-refractivity contribution in [1.82, 2.24) is 15.0 Å². The van der Waals surface area contributed by atoms with E-state index in [9.17, 15) is 0 Å². The highest BCUT2D eigenvalue weighted by Gasteiger charge is 2.09. The van der Waals surface area contributed by atoms with Gasteiger partial charge in [-0.3, -0.25) is 0 Å². The van der Waals surface area contributed by atoms with E-state index in [1.54, 1.807) is 7.11 Å². The topological polar surface area (TPSA) is 50.8 Å². The largest absolute Gasteiger partial charge is 0.497 e. The smallest absolute Gasteiger partial charge is 0.161 e. The Bertz CT molecular complexity index is 929. The van der Waals surface area contributed by atoms with Gasteiger partial charge in [0.15, 0.2) is 5.82 Å². The summed E-state index contributed by atoms with van der Waals surface area (Å²) in [5.74, 6) is 1.55. The number of H-pyrrole nitrogens is 1. The van der Waals surface area contributed by atoms with Crippen molar-refractivity contribution in [1.29, 1.82) is 0 Å². The maximum atomic E-state index is 5.28. The molecule has 0 aliphatic carbocycles. The van der Waals surface area contributed by atoms with Crippen molar-refractivity contribution >= 4 is 21.9 Å². The summed E-state index contributed by atoms with van der Waals surface area (Å²) in [6, 6.07) is 15.9. The van der Waals surface area contributed by atoms with Gasteiger partial charge in [0.1, 0.15) is 11.4 Å². The Balaban J connectivity index is 1.95. The number of hydrogen-bond donors (Lipinski definition) is 1. The van der Waals surface area contributed by atoms with Crippen molar-refractivity contribution < 1.29 is 4.74 Å². The van der Waals surface area contributed by atoms with E-state index in [1.165, 1.54) is 0 Å². The third-order valence-electron chi connectivity index (χ3n) is 3.59. The Labute approximate surface area is 121 Å². The molecule has 4 nitrogen and oxygen atoms in total. The van der Waals surface area contributed by atoms with E-state index in [0.29, 0.717) is 0 Å². The van der Waals surface area contributed by atoms with E-state index in [-0.39, 0.29) is 0 Å². The van der Waals surface area contributed by atoms with Crippen LogP contribution in [0.25, 0.3) is 33.3 Å². The standard InChI is InChI=1S/C17H13N3O/c1-21-12-7-8-15-13(9-12)14-10-18-16(20-17(14)19-15)11-5-3-2-4-6-11/h2-10H,1H3,(H,18,19,20). The molecule has 0 amide bonds. The second kappa shape index (κ2) is 4.59. The van der Waals surface area contributed by atoms with Crippen LogP contribution in [0, 0.1) is 0 Å². The monoisotopic (exact) mass is 275 g/mol. The van der Waals surface area contributed by atoms with Crippen LogP contribution in [0.15, 0.2) is 54.7 Å². The minimum atomic E-state index is 0.724. The molecule has 0 aliphatic heterocycles. The van der Waals surface area contributed by atoms with Gasteiger partial charge in [0.2, 0.25) is 0 Å². The first kappa shape index (κ1) is 11.9. The van der Waals surface area contributed by atoms with Crippen LogP contribution in [0.3, 0.4) is 0 Å². The molecule has 0 aliphatic rings. The Morgan fingerprint density at radius 2 is 1.86 bits per heavy atom. The van der Waals surface area contributed by atoms with Gasteiger partial charge < -0.3 is 9.72 Å². The molecule has 0 spiro atoms. The molecular weight excluding hydrogens is 262 g/mol. The number of fused-ring (bicyclic) bond motifs is 3. The number of aromatic amines is 1. The molecule has 0 bridgehead atoms. The van der Waals surface area contributed by atoms with Crippen molar-refractivity contribution in [3.63, 3.8) is 0 Å². The molecule has 0 saturated heterocycles. The highest BCUT2D eigenvalue weighted by molar-refractivity contribution is 6.06. The summed E-state index contributed by atoms with van der Waals surface area (Å²) in [5.41, 5.74) is 2.88. The first-order valence-electron chi connectivity index (χ1n) is 6.73. The molecule has 0 unspecified atom stereocenters. The normalized spacial score (nSPS) is 11.1. The number of nitrogens with one attached hydrogen (secondary N) is 1. The third-order valence-corrected chi connectivity index (χ3v) is 3.59. The van der Waals surface area contributed by atoms with Crippen LogP contribution in [0.5, 0.6) is 5.75 Å².